The topological polar surface area (TPSA) is 105 Å². The first-order valence-electron chi connectivity index (χ1n) is 3.92. The summed E-state index contributed by atoms with van der Waals surface area (Å²) in [4.78, 5) is 18.9. The Morgan fingerprint density at radius 3 is 2.86 bits per heavy atom. The number of nitrogens with two attached hydrogens (primary N) is 1. The number of nitrogens with one attached hydrogen (secondary N) is 1. The van der Waals surface area contributed by atoms with E-state index in [0.717, 1.165) is 0 Å². The molecule has 6 heteroatoms. The van der Waals surface area contributed by atoms with Crippen LogP contribution in [0.5, 0.6) is 0 Å². The van der Waals surface area contributed by atoms with Gasteiger partial charge in [-0.3, -0.25) is 4.79 Å². The van der Waals surface area contributed by atoms with Gasteiger partial charge in [-0.1, -0.05) is 0 Å². The van der Waals surface area contributed by atoms with Crippen LogP contribution in [-0.4, -0.2) is 21.9 Å². The Morgan fingerprint density at radius 1 is 1.64 bits per heavy atom. The molecule has 0 radical (unpaired) electrons. The van der Waals surface area contributed by atoms with Gasteiger partial charge in [-0.2, -0.15) is 5.26 Å². The Balaban J connectivity index is 2.81. The lowest BCUT2D eigenvalue weighted by molar-refractivity contribution is 0.0943. The average molecular weight is 191 g/mol. The van der Waals surface area contributed by atoms with Gasteiger partial charge in [0.2, 0.25) is 0 Å². The third-order valence-electron chi connectivity index (χ3n) is 1.48. The molecule has 1 aromatic rings. The van der Waals surface area contributed by atoms with Crippen molar-refractivity contribution in [3.63, 3.8) is 0 Å². The van der Waals surface area contributed by atoms with Gasteiger partial charge in [-0.25, -0.2) is 9.97 Å². The van der Waals surface area contributed by atoms with Crippen LogP contribution in [0, 0.1) is 11.3 Å². The van der Waals surface area contributed by atoms with Crippen LogP contribution in [0.2, 0.25) is 0 Å². The first kappa shape index (κ1) is 9.92. The number of rotatable bonds is 2. The molecule has 3 N–H and O–H groups in total. The van der Waals surface area contributed by atoms with Gasteiger partial charge in [-0.15, -0.1) is 0 Å². The molecule has 1 rings (SSSR count). The maximum absolute atomic E-state index is 11.4. The minimum absolute atomic E-state index is 0.0367. The largest absolute Gasteiger partial charge is 0.382 e. The molecule has 0 aromatic carbocycles. The minimum Gasteiger partial charge on any atom is -0.382 e. The molecule has 0 aliphatic carbocycles. The number of nitrogen functional groups attached to an aromatic ring is 1. The van der Waals surface area contributed by atoms with Crippen molar-refractivity contribution in [2.24, 2.45) is 0 Å². The number of nitrogens with zero attached hydrogens (tertiary/aromatic N) is 3. The van der Waals surface area contributed by atoms with Gasteiger partial charge in [0, 0.05) is 12.4 Å². The van der Waals surface area contributed by atoms with Crippen molar-refractivity contribution in [2.75, 3.05) is 5.73 Å². The van der Waals surface area contributed by atoms with Crippen molar-refractivity contribution in [3.8, 4) is 6.07 Å². The molecular weight excluding hydrogens is 182 g/mol. The molecule has 0 saturated heterocycles. The standard InChI is InChI=1S/C8H9N5O/c1-5(4-9)13-8(14)6-7(10)12-3-2-11-6/h2-3,5H,1H3,(H2,10,12)(H,13,14)/t5-/m0/s1. The highest BCUT2D eigenvalue weighted by atomic mass is 16.2. The predicted molar refractivity (Wildman–Crippen MR) is 49.0 cm³/mol. The Kier molecular flexibility index (Phi) is 2.97. The van der Waals surface area contributed by atoms with Crippen molar-refractivity contribution in [2.45, 2.75) is 13.0 Å². The number of aromatic nitrogens is 2. The predicted octanol–water partition coefficient (Wildman–Crippen LogP) is -0.299. The fraction of sp³-hybridized carbons (Fsp3) is 0.250. The van der Waals surface area contributed by atoms with Gasteiger partial charge >= 0.3 is 0 Å². The van der Waals surface area contributed by atoms with E-state index in [-0.39, 0.29) is 11.5 Å². The maximum atomic E-state index is 11.4. The van der Waals surface area contributed by atoms with Crippen LogP contribution < -0.4 is 11.1 Å². The monoisotopic (exact) mass is 191 g/mol. The maximum Gasteiger partial charge on any atom is 0.274 e. The fourth-order valence-electron chi connectivity index (χ4n) is 0.821. The second-order valence-electron chi connectivity index (χ2n) is 2.61. The van der Waals surface area contributed by atoms with E-state index in [2.05, 4.69) is 15.3 Å². The zero-order chi connectivity index (χ0) is 10.6. The van der Waals surface area contributed by atoms with Crippen molar-refractivity contribution in [3.05, 3.63) is 18.1 Å². The second-order valence-corrected chi connectivity index (χ2v) is 2.61. The summed E-state index contributed by atoms with van der Waals surface area (Å²) in [7, 11) is 0. The summed E-state index contributed by atoms with van der Waals surface area (Å²) >= 11 is 0. The zero-order valence-corrected chi connectivity index (χ0v) is 7.56. The second kappa shape index (κ2) is 4.18. The number of amides is 1. The molecule has 0 spiro atoms. The van der Waals surface area contributed by atoms with E-state index in [4.69, 9.17) is 11.0 Å². The number of carbonyl (C=O) groups excluding carboxylic acids is 1. The van der Waals surface area contributed by atoms with E-state index >= 15 is 0 Å². The summed E-state index contributed by atoms with van der Waals surface area (Å²) in [5.74, 6) is -0.445. The zero-order valence-electron chi connectivity index (χ0n) is 7.56. The van der Waals surface area contributed by atoms with Gasteiger partial charge in [0.1, 0.15) is 6.04 Å². The van der Waals surface area contributed by atoms with Gasteiger partial charge < -0.3 is 11.1 Å². The van der Waals surface area contributed by atoms with Crippen molar-refractivity contribution < 1.29 is 4.79 Å². The van der Waals surface area contributed by atoms with Crippen LogP contribution in [0.3, 0.4) is 0 Å². The summed E-state index contributed by atoms with van der Waals surface area (Å²) in [6.07, 6.45) is 2.75. The Morgan fingerprint density at radius 2 is 2.29 bits per heavy atom. The van der Waals surface area contributed by atoms with Crippen LogP contribution >= 0.6 is 0 Å². The Hall–Kier alpha value is -2.16. The molecule has 1 atom stereocenters. The molecule has 0 fully saturated rings. The van der Waals surface area contributed by atoms with Gasteiger partial charge in [0.05, 0.1) is 6.07 Å². The lowest BCUT2D eigenvalue weighted by Gasteiger charge is -2.06. The number of nitriles is 1. The normalized spacial score (nSPS) is 11.4. The van der Waals surface area contributed by atoms with E-state index < -0.39 is 11.9 Å². The third kappa shape index (κ3) is 2.17. The highest BCUT2D eigenvalue weighted by Crippen LogP contribution is 2.02. The van der Waals surface area contributed by atoms with E-state index in [1.807, 2.05) is 6.07 Å². The summed E-state index contributed by atoms with van der Waals surface area (Å²) in [5, 5.41) is 10.9. The van der Waals surface area contributed by atoms with Crippen LogP contribution in [0.1, 0.15) is 17.4 Å². The number of hydrogen-bond acceptors (Lipinski definition) is 5. The summed E-state index contributed by atoms with van der Waals surface area (Å²) in [6, 6.07) is 1.28. The average Bonchev–Trinajstić information content (AvgIpc) is 2.18. The van der Waals surface area contributed by atoms with Crippen LogP contribution in [-0.2, 0) is 0 Å². The molecule has 1 heterocycles. The van der Waals surface area contributed by atoms with E-state index in [0.29, 0.717) is 0 Å². The highest BCUT2D eigenvalue weighted by molar-refractivity contribution is 5.96. The highest BCUT2D eigenvalue weighted by Gasteiger charge is 2.13. The Labute approximate surface area is 80.8 Å². The molecule has 14 heavy (non-hydrogen) atoms. The molecule has 72 valence electrons. The minimum atomic E-state index is -0.580. The lowest BCUT2D eigenvalue weighted by atomic mass is 10.3. The molecule has 6 nitrogen and oxygen atoms in total. The molecule has 1 aromatic heterocycles. The van der Waals surface area contributed by atoms with Crippen molar-refractivity contribution >= 4 is 11.7 Å². The van der Waals surface area contributed by atoms with Gasteiger partial charge in [0.15, 0.2) is 11.5 Å². The van der Waals surface area contributed by atoms with Crippen LogP contribution in [0.15, 0.2) is 12.4 Å². The molecular formula is C8H9N5O. The number of carbonyl (C=O) groups is 1. The SMILES string of the molecule is C[C@@H](C#N)NC(=O)c1nccnc1N. The van der Waals surface area contributed by atoms with Crippen molar-refractivity contribution in [1.29, 1.82) is 5.26 Å². The quantitative estimate of drug-likeness (QED) is 0.667. The van der Waals surface area contributed by atoms with E-state index in [1.54, 1.807) is 6.92 Å². The third-order valence-corrected chi connectivity index (χ3v) is 1.48. The van der Waals surface area contributed by atoms with E-state index in [1.165, 1.54) is 12.4 Å². The first-order chi connectivity index (χ1) is 6.65. The Bertz CT molecular complexity index is 384. The van der Waals surface area contributed by atoms with Gasteiger partial charge in [0.25, 0.3) is 5.91 Å². The van der Waals surface area contributed by atoms with Crippen LogP contribution in [0.4, 0.5) is 5.82 Å². The van der Waals surface area contributed by atoms with E-state index in [9.17, 15) is 4.79 Å². The number of anilines is 1. The summed E-state index contributed by atoms with van der Waals surface area (Å²) in [5.41, 5.74) is 5.46. The first-order valence-corrected chi connectivity index (χ1v) is 3.92. The molecule has 1 amide bonds. The summed E-state index contributed by atoms with van der Waals surface area (Å²) in [6.45, 7) is 1.56. The molecule has 0 aliphatic heterocycles. The molecule has 0 unspecified atom stereocenters. The fourth-order valence-corrected chi connectivity index (χ4v) is 0.821. The number of hydrogen-bond donors (Lipinski definition) is 2. The van der Waals surface area contributed by atoms with Crippen molar-refractivity contribution in [1.82, 2.24) is 15.3 Å². The lowest BCUT2D eigenvalue weighted by Crippen LogP contribution is -2.32. The summed E-state index contributed by atoms with van der Waals surface area (Å²) < 4.78 is 0. The molecule has 0 saturated carbocycles. The van der Waals surface area contributed by atoms with Gasteiger partial charge in [-0.05, 0) is 6.92 Å². The van der Waals surface area contributed by atoms with Crippen LogP contribution in [0.25, 0.3) is 0 Å². The molecule has 0 bridgehead atoms. The molecule has 0 aliphatic rings. The smallest absolute Gasteiger partial charge is 0.274 e.